The van der Waals surface area contributed by atoms with Gasteiger partial charge < -0.3 is 14.3 Å². The first-order valence-electron chi connectivity index (χ1n) is 9.87. The minimum atomic E-state index is -0.508. The van der Waals surface area contributed by atoms with E-state index in [2.05, 4.69) is 18.5 Å². The molecule has 1 aliphatic heterocycles. The summed E-state index contributed by atoms with van der Waals surface area (Å²) in [4.78, 5) is 21.9. The molecule has 0 saturated carbocycles. The summed E-state index contributed by atoms with van der Waals surface area (Å²) in [6.07, 6.45) is 4.52. The van der Waals surface area contributed by atoms with Gasteiger partial charge in [0.2, 0.25) is 0 Å². The van der Waals surface area contributed by atoms with Gasteiger partial charge in [0.25, 0.3) is 0 Å². The lowest BCUT2D eigenvalue weighted by Gasteiger charge is -2.33. The monoisotopic (exact) mass is 382 g/mol. The molecule has 1 saturated heterocycles. The molecular formula is C22H26N2O4. The van der Waals surface area contributed by atoms with Crippen LogP contribution >= 0.6 is 0 Å². The predicted molar refractivity (Wildman–Crippen MR) is 104 cm³/mol. The number of carbonyl (C=O) groups excluding carboxylic acids is 2. The maximum Gasteiger partial charge on any atom is 0.313 e. The Morgan fingerprint density at radius 1 is 1.43 bits per heavy atom. The zero-order valence-corrected chi connectivity index (χ0v) is 16.4. The molecule has 2 aliphatic rings. The lowest BCUT2D eigenvalue weighted by Crippen LogP contribution is -2.30. The fourth-order valence-electron chi connectivity index (χ4n) is 3.94. The molecule has 6 nitrogen and oxygen atoms in total. The van der Waals surface area contributed by atoms with Crippen molar-refractivity contribution in [1.82, 2.24) is 9.78 Å². The quantitative estimate of drug-likeness (QED) is 0.434. The molecule has 1 aliphatic carbocycles. The fourth-order valence-corrected chi connectivity index (χ4v) is 3.94. The molecule has 28 heavy (non-hydrogen) atoms. The summed E-state index contributed by atoms with van der Waals surface area (Å²) in [7, 11) is 0. The molecule has 4 rings (SSSR count). The second kappa shape index (κ2) is 7.51. The molecule has 0 radical (unpaired) electrons. The van der Waals surface area contributed by atoms with Gasteiger partial charge in [0.05, 0.1) is 12.3 Å². The van der Waals surface area contributed by atoms with E-state index in [0.29, 0.717) is 6.29 Å². The average molecular weight is 382 g/mol. The van der Waals surface area contributed by atoms with E-state index in [4.69, 9.17) is 14.6 Å². The summed E-state index contributed by atoms with van der Waals surface area (Å²) in [6, 6.07) is 7.93. The van der Waals surface area contributed by atoms with Crippen molar-refractivity contribution in [3.8, 4) is 11.3 Å². The molecule has 0 spiro atoms. The van der Waals surface area contributed by atoms with Gasteiger partial charge in [-0.25, -0.2) is 4.68 Å². The van der Waals surface area contributed by atoms with Gasteiger partial charge in [-0.3, -0.25) is 4.79 Å². The minimum absolute atomic E-state index is 0.0453. The lowest BCUT2D eigenvalue weighted by atomic mass is 9.76. The molecule has 6 heteroatoms. The first kappa shape index (κ1) is 18.9. The number of rotatable bonds is 6. The highest BCUT2D eigenvalue weighted by Gasteiger charge is 2.34. The number of ether oxygens (including phenoxy) is 2. The van der Waals surface area contributed by atoms with E-state index >= 15 is 0 Å². The summed E-state index contributed by atoms with van der Waals surface area (Å²) in [5.74, 6) is -0.508. The molecule has 1 fully saturated rings. The van der Waals surface area contributed by atoms with E-state index in [1.54, 1.807) is 0 Å². The van der Waals surface area contributed by atoms with E-state index in [0.717, 1.165) is 49.1 Å². The molecular weight excluding hydrogens is 356 g/mol. The van der Waals surface area contributed by atoms with E-state index in [1.165, 1.54) is 11.3 Å². The van der Waals surface area contributed by atoms with Crippen LogP contribution in [0.4, 0.5) is 0 Å². The van der Waals surface area contributed by atoms with Gasteiger partial charge >= 0.3 is 5.97 Å². The zero-order valence-electron chi connectivity index (χ0n) is 16.4. The summed E-state index contributed by atoms with van der Waals surface area (Å²) in [5.41, 5.74) is 5.78. The number of carbonyl (C=O) groups is 2. The Morgan fingerprint density at radius 2 is 2.25 bits per heavy atom. The van der Waals surface area contributed by atoms with Crippen LogP contribution in [0.15, 0.2) is 24.3 Å². The Balaban J connectivity index is 1.64. The van der Waals surface area contributed by atoms with Crippen LogP contribution in [0.5, 0.6) is 0 Å². The molecule has 0 N–H and O–H groups in total. The fraction of sp³-hybridized carbons (Fsp3) is 0.500. The van der Waals surface area contributed by atoms with Crippen LogP contribution in [0, 0.1) is 5.41 Å². The van der Waals surface area contributed by atoms with E-state index in [1.807, 2.05) is 24.3 Å². The van der Waals surface area contributed by atoms with Gasteiger partial charge in [0.1, 0.15) is 19.3 Å². The Morgan fingerprint density at radius 3 is 2.96 bits per heavy atom. The highest BCUT2D eigenvalue weighted by atomic mass is 16.5. The van der Waals surface area contributed by atoms with Crippen molar-refractivity contribution < 1.29 is 19.1 Å². The number of aldehydes is 1. The maximum absolute atomic E-state index is 11.5. The standard InChI is InChI=1S/C22H26N2O4/c1-22(2)9-6-17-18(13-22)24(19-8-11-27-19)23-21(17)16-5-3-4-15(12-16)14-28-20(26)7-10-25/h3-5,10,12,19H,6-9,11,13-14H2,1-2H3. The van der Waals surface area contributed by atoms with Gasteiger partial charge in [-0.1, -0.05) is 32.0 Å². The Hall–Kier alpha value is -2.47. The van der Waals surface area contributed by atoms with Crippen LogP contribution < -0.4 is 0 Å². The van der Waals surface area contributed by atoms with Crippen molar-refractivity contribution >= 4 is 12.3 Å². The molecule has 0 bridgehead atoms. The number of nitrogens with zero attached hydrogens (tertiary/aromatic N) is 2. The van der Waals surface area contributed by atoms with Crippen LogP contribution in [0.1, 0.15) is 56.2 Å². The van der Waals surface area contributed by atoms with Crippen molar-refractivity contribution in [2.24, 2.45) is 5.41 Å². The van der Waals surface area contributed by atoms with Crippen molar-refractivity contribution in [2.45, 2.75) is 58.8 Å². The SMILES string of the molecule is CC1(C)CCc2c(-c3cccc(COC(=O)CC=O)c3)nn(C3CCO3)c2C1. The smallest absolute Gasteiger partial charge is 0.313 e. The molecule has 1 unspecified atom stereocenters. The Bertz CT molecular complexity index is 896. The second-order valence-electron chi connectivity index (χ2n) is 8.41. The number of hydrogen-bond donors (Lipinski definition) is 0. The number of benzene rings is 1. The number of aromatic nitrogens is 2. The molecule has 1 aromatic heterocycles. The molecule has 148 valence electrons. The van der Waals surface area contributed by atoms with Crippen molar-refractivity contribution in [3.63, 3.8) is 0 Å². The molecule has 1 aromatic carbocycles. The topological polar surface area (TPSA) is 70.4 Å². The van der Waals surface area contributed by atoms with Crippen molar-refractivity contribution in [1.29, 1.82) is 0 Å². The third kappa shape index (κ3) is 3.74. The van der Waals surface area contributed by atoms with Gasteiger partial charge in [0.15, 0.2) is 6.23 Å². The Kier molecular flexibility index (Phi) is 5.06. The molecule has 2 aromatic rings. The number of hydrogen-bond acceptors (Lipinski definition) is 5. The number of fused-ring (bicyclic) bond motifs is 1. The van der Waals surface area contributed by atoms with Gasteiger partial charge in [-0.2, -0.15) is 5.10 Å². The summed E-state index contributed by atoms with van der Waals surface area (Å²) in [6.45, 7) is 5.56. The van der Waals surface area contributed by atoms with Crippen LogP contribution in [-0.4, -0.2) is 28.6 Å². The first-order chi connectivity index (χ1) is 13.5. The Labute approximate surface area is 164 Å². The van der Waals surface area contributed by atoms with Gasteiger partial charge in [-0.15, -0.1) is 0 Å². The highest BCUT2D eigenvalue weighted by molar-refractivity contribution is 5.83. The largest absolute Gasteiger partial charge is 0.460 e. The first-order valence-corrected chi connectivity index (χ1v) is 9.87. The minimum Gasteiger partial charge on any atom is -0.460 e. The van der Waals surface area contributed by atoms with Crippen LogP contribution in [0.3, 0.4) is 0 Å². The van der Waals surface area contributed by atoms with Crippen LogP contribution in [0.2, 0.25) is 0 Å². The van der Waals surface area contributed by atoms with E-state index < -0.39 is 5.97 Å². The summed E-state index contributed by atoms with van der Waals surface area (Å²) >= 11 is 0. The van der Waals surface area contributed by atoms with E-state index in [9.17, 15) is 9.59 Å². The summed E-state index contributed by atoms with van der Waals surface area (Å²) < 4.78 is 13.0. The van der Waals surface area contributed by atoms with Crippen LogP contribution in [0.25, 0.3) is 11.3 Å². The molecule has 1 atom stereocenters. The average Bonchev–Trinajstić information content (AvgIpc) is 2.96. The van der Waals surface area contributed by atoms with Gasteiger partial charge in [0, 0.05) is 23.2 Å². The normalized spacial score (nSPS) is 20.1. The highest BCUT2D eigenvalue weighted by Crippen LogP contribution is 2.41. The third-order valence-corrected chi connectivity index (χ3v) is 5.61. The summed E-state index contributed by atoms with van der Waals surface area (Å²) in [5, 5.41) is 4.95. The maximum atomic E-state index is 11.5. The van der Waals surface area contributed by atoms with Crippen LogP contribution in [-0.2, 0) is 38.5 Å². The zero-order chi connectivity index (χ0) is 19.7. The lowest BCUT2D eigenvalue weighted by molar-refractivity contribution is -0.145. The number of esters is 1. The molecule has 0 amide bonds. The predicted octanol–water partition coefficient (Wildman–Crippen LogP) is 3.62. The van der Waals surface area contributed by atoms with Gasteiger partial charge in [-0.05, 0) is 36.3 Å². The van der Waals surface area contributed by atoms with Crippen molar-refractivity contribution in [2.75, 3.05) is 6.61 Å². The van der Waals surface area contributed by atoms with E-state index in [-0.39, 0.29) is 24.7 Å². The van der Waals surface area contributed by atoms with Crippen molar-refractivity contribution in [3.05, 3.63) is 41.1 Å². The molecule has 2 heterocycles. The third-order valence-electron chi connectivity index (χ3n) is 5.61. The second-order valence-corrected chi connectivity index (χ2v) is 8.41.